The van der Waals surface area contributed by atoms with Gasteiger partial charge in [-0.2, -0.15) is 0 Å². The maximum absolute atomic E-state index is 10.2. The maximum Gasteiger partial charge on any atom is 0.0704 e. The number of thiophene rings is 1. The summed E-state index contributed by atoms with van der Waals surface area (Å²) in [5.41, 5.74) is 2.15. The van der Waals surface area contributed by atoms with Gasteiger partial charge >= 0.3 is 0 Å². The molecular formula is C16H15NOS. The van der Waals surface area contributed by atoms with E-state index in [1.54, 1.807) is 11.3 Å². The van der Waals surface area contributed by atoms with Crippen molar-refractivity contribution in [3.8, 4) is 0 Å². The lowest BCUT2D eigenvalue weighted by Crippen LogP contribution is -2.13. The molecule has 0 saturated heterocycles. The lowest BCUT2D eigenvalue weighted by atomic mass is 10.0. The number of hydrogen-bond acceptors (Lipinski definition) is 3. The summed E-state index contributed by atoms with van der Waals surface area (Å²) >= 11 is 1.69. The molecule has 2 nitrogen and oxygen atoms in total. The molecule has 96 valence electrons. The average molecular weight is 269 g/mol. The number of aromatic nitrogens is 1. The van der Waals surface area contributed by atoms with Crippen LogP contribution in [0, 0.1) is 0 Å². The molecule has 1 N–H and O–H groups in total. The number of benzene rings is 1. The van der Waals surface area contributed by atoms with Gasteiger partial charge in [0, 0.05) is 22.9 Å². The topological polar surface area (TPSA) is 33.1 Å². The Morgan fingerprint density at radius 3 is 2.79 bits per heavy atom. The third-order valence-electron chi connectivity index (χ3n) is 3.21. The molecule has 0 spiro atoms. The third-order valence-corrected chi connectivity index (χ3v) is 4.11. The Balaban J connectivity index is 1.81. The second-order valence-corrected chi connectivity index (χ2v) is 5.66. The highest BCUT2D eigenvalue weighted by Gasteiger charge is 2.10. The van der Waals surface area contributed by atoms with E-state index in [9.17, 15) is 5.11 Å². The average Bonchev–Trinajstić information content (AvgIpc) is 2.92. The zero-order valence-corrected chi connectivity index (χ0v) is 11.3. The number of pyridine rings is 1. The van der Waals surface area contributed by atoms with Crippen LogP contribution in [0.5, 0.6) is 0 Å². The minimum atomic E-state index is -0.343. The van der Waals surface area contributed by atoms with Crippen LogP contribution in [0.3, 0.4) is 0 Å². The lowest BCUT2D eigenvalue weighted by molar-refractivity contribution is 0.176. The van der Waals surface area contributed by atoms with Gasteiger partial charge in [-0.3, -0.25) is 4.98 Å². The maximum atomic E-state index is 10.2. The molecule has 0 amide bonds. The van der Waals surface area contributed by atoms with E-state index in [0.29, 0.717) is 12.8 Å². The first kappa shape index (κ1) is 12.3. The summed E-state index contributed by atoms with van der Waals surface area (Å²) in [4.78, 5) is 5.57. The lowest BCUT2D eigenvalue weighted by Gasteiger charge is -2.11. The number of nitrogens with zero attached hydrogens (tertiary/aromatic N) is 1. The van der Waals surface area contributed by atoms with Gasteiger partial charge in [0.15, 0.2) is 0 Å². The van der Waals surface area contributed by atoms with E-state index < -0.39 is 0 Å². The molecule has 19 heavy (non-hydrogen) atoms. The largest absolute Gasteiger partial charge is 0.392 e. The quantitative estimate of drug-likeness (QED) is 0.787. The molecular weight excluding hydrogens is 254 g/mol. The Morgan fingerprint density at radius 1 is 1.05 bits per heavy atom. The van der Waals surface area contributed by atoms with E-state index in [1.165, 1.54) is 4.88 Å². The Kier molecular flexibility index (Phi) is 3.58. The summed E-state index contributed by atoms with van der Waals surface area (Å²) in [6, 6.07) is 14.2. The Hall–Kier alpha value is -1.71. The zero-order chi connectivity index (χ0) is 13.1. The SMILES string of the molecule is OC(Cc1cccs1)Cc1ccnc2ccccc12. The number of fused-ring (bicyclic) bond motifs is 1. The first-order valence-electron chi connectivity index (χ1n) is 6.36. The van der Waals surface area contributed by atoms with Gasteiger partial charge in [0.05, 0.1) is 11.6 Å². The predicted octanol–water partition coefficient (Wildman–Crippen LogP) is 3.44. The van der Waals surface area contributed by atoms with Gasteiger partial charge in [0.25, 0.3) is 0 Å². The molecule has 3 rings (SSSR count). The normalized spacial score (nSPS) is 12.7. The van der Waals surface area contributed by atoms with E-state index in [1.807, 2.05) is 41.9 Å². The van der Waals surface area contributed by atoms with Gasteiger partial charge in [-0.25, -0.2) is 0 Å². The van der Waals surface area contributed by atoms with Crippen molar-refractivity contribution in [2.45, 2.75) is 18.9 Å². The molecule has 0 aliphatic heterocycles. The van der Waals surface area contributed by atoms with Crippen molar-refractivity contribution in [2.75, 3.05) is 0 Å². The van der Waals surface area contributed by atoms with Gasteiger partial charge in [-0.1, -0.05) is 24.3 Å². The summed E-state index contributed by atoms with van der Waals surface area (Å²) in [6.07, 6.45) is 2.86. The first-order chi connectivity index (χ1) is 9.33. The number of para-hydroxylation sites is 1. The molecule has 0 fully saturated rings. The Labute approximate surface area is 116 Å². The van der Waals surface area contributed by atoms with Gasteiger partial charge < -0.3 is 5.11 Å². The fourth-order valence-corrected chi connectivity index (χ4v) is 3.10. The van der Waals surface area contributed by atoms with Crippen LogP contribution >= 0.6 is 11.3 Å². The molecule has 3 aromatic rings. The van der Waals surface area contributed by atoms with E-state index in [-0.39, 0.29) is 6.10 Å². The zero-order valence-electron chi connectivity index (χ0n) is 10.5. The van der Waals surface area contributed by atoms with Crippen LogP contribution < -0.4 is 0 Å². The highest BCUT2D eigenvalue weighted by molar-refractivity contribution is 7.09. The van der Waals surface area contributed by atoms with E-state index in [4.69, 9.17) is 0 Å². The first-order valence-corrected chi connectivity index (χ1v) is 7.24. The van der Waals surface area contributed by atoms with Crippen LogP contribution in [0.15, 0.2) is 54.0 Å². The summed E-state index contributed by atoms with van der Waals surface area (Å²) in [7, 11) is 0. The monoisotopic (exact) mass is 269 g/mol. The van der Waals surface area contributed by atoms with Crippen molar-refractivity contribution in [3.05, 3.63) is 64.5 Å². The predicted molar refractivity (Wildman–Crippen MR) is 79.5 cm³/mol. The molecule has 2 aromatic heterocycles. The molecule has 0 bridgehead atoms. The molecule has 1 atom stereocenters. The standard InChI is InChI=1S/C16H15NOS/c18-13(11-14-4-3-9-19-14)10-12-7-8-17-16-6-2-1-5-15(12)16/h1-9,13,18H,10-11H2. The summed E-state index contributed by atoms with van der Waals surface area (Å²) in [5, 5.41) is 13.4. The molecule has 0 aliphatic rings. The molecule has 0 aliphatic carbocycles. The Morgan fingerprint density at radius 2 is 1.95 bits per heavy atom. The van der Waals surface area contributed by atoms with Crippen molar-refractivity contribution >= 4 is 22.2 Å². The van der Waals surface area contributed by atoms with Crippen molar-refractivity contribution in [3.63, 3.8) is 0 Å². The van der Waals surface area contributed by atoms with Gasteiger partial charge in [-0.05, 0) is 35.6 Å². The van der Waals surface area contributed by atoms with Crippen LogP contribution in [-0.2, 0) is 12.8 Å². The second-order valence-electron chi connectivity index (χ2n) is 4.63. The van der Waals surface area contributed by atoms with Crippen LogP contribution in [-0.4, -0.2) is 16.2 Å². The molecule has 1 aromatic carbocycles. The van der Waals surface area contributed by atoms with Crippen LogP contribution in [0.2, 0.25) is 0 Å². The third kappa shape index (κ3) is 2.83. The number of aliphatic hydroxyl groups is 1. The molecule has 2 heterocycles. The Bertz CT molecular complexity index is 658. The summed E-state index contributed by atoms with van der Waals surface area (Å²) in [5.74, 6) is 0. The highest BCUT2D eigenvalue weighted by Crippen LogP contribution is 2.19. The fourth-order valence-electron chi connectivity index (χ4n) is 2.32. The van der Waals surface area contributed by atoms with Gasteiger partial charge in [-0.15, -0.1) is 11.3 Å². The molecule has 0 radical (unpaired) electrons. The van der Waals surface area contributed by atoms with Crippen molar-refractivity contribution in [2.24, 2.45) is 0 Å². The van der Waals surface area contributed by atoms with Crippen LogP contribution in [0.4, 0.5) is 0 Å². The van der Waals surface area contributed by atoms with Gasteiger partial charge in [0.2, 0.25) is 0 Å². The van der Waals surface area contributed by atoms with Gasteiger partial charge in [0.1, 0.15) is 0 Å². The molecule has 1 unspecified atom stereocenters. The molecule has 3 heteroatoms. The fraction of sp³-hybridized carbons (Fsp3) is 0.188. The van der Waals surface area contributed by atoms with Crippen LogP contribution in [0.1, 0.15) is 10.4 Å². The number of hydrogen-bond donors (Lipinski definition) is 1. The van der Waals surface area contributed by atoms with E-state index >= 15 is 0 Å². The second kappa shape index (κ2) is 5.51. The minimum absolute atomic E-state index is 0.343. The van der Waals surface area contributed by atoms with Crippen LogP contribution in [0.25, 0.3) is 10.9 Å². The van der Waals surface area contributed by atoms with E-state index in [0.717, 1.165) is 16.5 Å². The number of rotatable bonds is 4. The smallest absolute Gasteiger partial charge is 0.0704 e. The van der Waals surface area contributed by atoms with Crippen molar-refractivity contribution < 1.29 is 5.11 Å². The molecule has 0 saturated carbocycles. The minimum Gasteiger partial charge on any atom is -0.392 e. The highest BCUT2D eigenvalue weighted by atomic mass is 32.1. The van der Waals surface area contributed by atoms with Crippen molar-refractivity contribution in [1.82, 2.24) is 4.98 Å². The van der Waals surface area contributed by atoms with E-state index in [2.05, 4.69) is 17.1 Å². The van der Waals surface area contributed by atoms with Crippen molar-refractivity contribution in [1.29, 1.82) is 0 Å². The number of aliphatic hydroxyl groups excluding tert-OH is 1. The summed E-state index contributed by atoms with van der Waals surface area (Å²) in [6.45, 7) is 0. The summed E-state index contributed by atoms with van der Waals surface area (Å²) < 4.78 is 0.